The maximum Gasteiger partial charge on any atom is 0.0824 e. The van der Waals surface area contributed by atoms with Gasteiger partial charge in [-0.1, -0.05) is 26.7 Å². The van der Waals surface area contributed by atoms with Gasteiger partial charge in [0, 0.05) is 25.7 Å². The van der Waals surface area contributed by atoms with Gasteiger partial charge in [0.25, 0.3) is 0 Å². The zero-order chi connectivity index (χ0) is 13.0. The Balaban J connectivity index is 1.85. The molecule has 3 nitrogen and oxygen atoms in total. The summed E-state index contributed by atoms with van der Waals surface area (Å²) in [6.07, 6.45) is 7.26. The summed E-state index contributed by atoms with van der Waals surface area (Å²) in [7, 11) is 0. The van der Waals surface area contributed by atoms with E-state index in [0.717, 1.165) is 37.6 Å². The maximum absolute atomic E-state index is 5.74. The number of rotatable bonds is 3. The third kappa shape index (κ3) is 3.69. The topological polar surface area (TPSA) is 38.5 Å². The molecule has 3 heteroatoms. The first kappa shape index (κ1) is 14.3. The van der Waals surface area contributed by atoms with Crippen LogP contribution >= 0.6 is 0 Å². The fourth-order valence-corrected chi connectivity index (χ4v) is 3.56. The Kier molecular flexibility index (Phi) is 5.46. The van der Waals surface area contributed by atoms with Gasteiger partial charge in [-0.3, -0.25) is 4.90 Å². The molecule has 3 atom stereocenters. The molecule has 1 saturated heterocycles. The molecule has 0 aromatic carbocycles. The summed E-state index contributed by atoms with van der Waals surface area (Å²) in [6.45, 7) is 8.44. The molecule has 1 heterocycles. The predicted molar refractivity (Wildman–Crippen MR) is 75.6 cm³/mol. The lowest BCUT2D eigenvalue weighted by atomic mass is 9.89. The number of hydrogen-bond acceptors (Lipinski definition) is 3. The SMILES string of the molecule is CC(C)C1CCCC(N2CCOC(CN)C2)CC1. The van der Waals surface area contributed by atoms with Crippen LogP contribution in [0.5, 0.6) is 0 Å². The van der Waals surface area contributed by atoms with Crippen LogP contribution in [0, 0.1) is 11.8 Å². The molecule has 2 rings (SSSR count). The third-order valence-electron chi connectivity index (χ3n) is 4.88. The van der Waals surface area contributed by atoms with Crippen molar-refractivity contribution in [3.05, 3.63) is 0 Å². The quantitative estimate of drug-likeness (QED) is 0.785. The molecule has 3 unspecified atom stereocenters. The van der Waals surface area contributed by atoms with E-state index in [2.05, 4.69) is 18.7 Å². The summed E-state index contributed by atoms with van der Waals surface area (Å²) >= 11 is 0. The maximum atomic E-state index is 5.74. The van der Waals surface area contributed by atoms with E-state index in [0.29, 0.717) is 6.54 Å². The van der Waals surface area contributed by atoms with Crippen molar-refractivity contribution in [2.75, 3.05) is 26.2 Å². The summed E-state index contributed by atoms with van der Waals surface area (Å²) in [5.41, 5.74) is 5.74. The highest BCUT2D eigenvalue weighted by atomic mass is 16.5. The second-order valence-electron chi connectivity index (χ2n) is 6.39. The zero-order valence-electron chi connectivity index (χ0n) is 12.1. The lowest BCUT2D eigenvalue weighted by molar-refractivity contribution is -0.0406. The molecule has 1 saturated carbocycles. The summed E-state index contributed by atoms with van der Waals surface area (Å²) < 4.78 is 5.67. The smallest absolute Gasteiger partial charge is 0.0824 e. The summed E-state index contributed by atoms with van der Waals surface area (Å²) in [5, 5.41) is 0. The monoisotopic (exact) mass is 254 g/mol. The molecule has 0 radical (unpaired) electrons. The largest absolute Gasteiger partial charge is 0.374 e. The Morgan fingerprint density at radius 3 is 2.78 bits per heavy atom. The van der Waals surface area contributed by atoms with Gasteiger partial charge in [-0.2, -0.15) is 0 Å². The minimum Gasteiger partial charge on any atom is -0.374 e. The first-order valence-electron chi connectivity index (χ1n) is 7.76. The van der Waals surface area contributed by atoms with Gasteiger partial charge in [0.15, 0.2) is 0 Å². The summed E-state index contributed by atoms with van der Waals surface area (Å²) in [4.78, 5) is 2.64. The fraction of sp³-hybridized carbons (Fsp3) is 1.00. The number of hydrogen-bond donors (Lipinski definition) is 1. The molecule has 106 valence electrons. The Hall–Kier alpha value is -0.120. The molecule has 2 fully saturated rings. The third-order valence-corrected chi connectivity index (χ3v) is 4.88. The number of morpholine rings is 1. The minimum atomic E-state index is 0.267. The number of ether oxygens (including phenoxy) is 1. The Morgan fingerprint density at radius 1 is 1.22 bits per heavy atom. The van der Waals surface area contributed by atoms with Crippen LogP contribution in [-0.4, -0.2) is 43.3 Å². The van der Waals surface area contributed by atoms with Crippen molar-refractivity contribution in [2.24, 2.45) is 17.6 Å². The molecular weight excluding hydrogens is 224 g/mol. The van der Waals surface area contributed by atoms with Crippen LogP contribution in [0.4, 0.5) is 0 Å². The first-order chi connectivity index (χ1) is 8.70. The molecule has 2 aliphatic rings. The van der Waals surface area contributed by atoms with Gasteiger partial charge in [-0.15, -0.1) is 0 Å². The van der Waals surface area contributed by atoms with E-state index in [9.17, 15) is 0 Å². The molecule has 0 spiro atoms. The standard InChI is InChI=1S/C15H30N2O/c1-12(2)13-4-3-5-14(7-6-13)17-8-9-18-15(10-16)11-17/h12-15H,3-11,16H2,1-2H3. The average molecular weight is 254 g/mol. The van der Waals surface area contributed by atoms with Gasteiger partial charge in [0.1, 0.15) is 0 Å². The Morgan fingerprint density at radius 2 is 2.06 bits per heavy atom. The van der Waals surface area contributed by atoms with Gasteiger partial charge in [-0.05, 0) is 31.1 Å². The van der Waals surface area contributed by atoms with Crippen molar-refractivity contribution in [2.45, 2.75) is 58.1 Å². The highest BCUT2D eigenvalue weighted by Gasteiger charge is 2.28. The minimum absolute atomic E-state index is 0.267. The zero-order valence-corrected chi connectivity index (χ0v) is 12.1. The van der Waals surface area contributed by atoms with Crippen LogP contribution in [0.15, 0.2) is 0 Å². The lowest BCUT2D eigenvalue weighted by Crippen LogP contribution is -2.49. The molecule has 0 aromatic heterocycles. The number of nitrogens with two attached hydrogens (primary N) is 1. The molecule has 0 aromatic rings. The van der Waals surface area contributed by atoms with Crippen LogP contribution < -0.4 is 5.73 Å². The van der Waals surface area contributed by atoms with Crippen molar-refractivity contribution in [1.82, 2.24) is 4.90 Å². The van der Waals surface area contributed by atoms with Crippen molar-refractivity contribution in [1.29, 1.82) is 0 Å². The summed E-state index contributed by atoms with van der Waals surface area (Å²) in [5.74, 6) is 1.80. The second-order valence-corrected chi connectivity index (χ2v) is 6.39. The van der Waals surface area contributed by atoms with E-state index in [4.69, 9.17) is 10.5 Å². The predicted octanol–water partition coefficient (Wildman–Crippen LogP) is 2.25. The van der Waals surface area contributed by atoms with Crippen LogP contribution in [-0.2, 0) is 4.74 Å². The van der Waals surface area contributed by atoms with E-state index >= 15 is 0 Å². The van der Waals surface area contributed by atoms with Gasteiger partial charge in [-0.25, -0.2) is 0 Å². The van der Waals surface area contributed by atoms with E-state index in [-0.39, 0.29) is 6.10 Å². The molecule has 2 N–H and O–H groups in total. The highest BCUT2D eigenvalue weighted by Crippen LogP contribution is 2.31. The highest BCUT2D eigenvalue weighted by molar-refractivity contribution is 4.82. The van der Waals surface area contributed by atoms with Crippen molar-refractivity contribution in [3.63, 3.8) is 0 Å². The van der Waals surface area contributed by atoms with E-state index < -0.39 is 0 Å². The number of nitrogens with zero attached hydrogens (tertiary/aromatic N) is 1. The fourth-order valence-electron chi connectivity index (χ4n) is 3.56. The van der Waals surface area contributed by atoms with Crippen molar-refractivity contribution in [3.8, 4) is 0 Å². The Bertz CT molecular complexity index is 245. The van der Waals surface area contributed by atoms with Gasteiger partial charge in [0.2, 0.25) is 0 Å². The van der Waals surface area contributed by atoms with E-state index in [1.54, 1.807) is 0 Å². The van der Waals surface area contributed by atoms with E-state index in [1.165, 1.54) is 32.1 Å². The van der Waals surface area contributed by atoms with Crippen LogP contribution in [0.2, 0.25) is 0 Å². The van der Waals surface area contributed by atoms with Crippen LogP contribution in [0.1, 0.15) is 46.0 Å². The summed E-state index contributed by atoms with van der Waals surface area (Å²) in [6, 6.07) is 0.784. The van der Waals surface area contributed by atoms with Crippen molar-refractivity contribution >= 4 is 0 Å². The van der Waals surface area contributed by atoms with Crippen LogP contribution in [0.3, 0.4) is 0 Å². The molecule has 0 amide bonds. The van der Waals surface area contributed by atoms with Crippen molar-refractivity contribution < 1.29 is 4.74 Å². The second kappa shape index (κ2) is 6.88. The first-order valence-corrected chi connectivity index (χ1v) is 7.76. The molecular formula is C15H30N2O. The molecule has 1 aliphatic heterocycles. The normalized spacial score (nSPS) is 35.7. The van der Waals surface area contributed by atoms with Gasteiger partial charge >= 0.3 is 0 Å². The lowest BCUT2D eigenvalue weighted by Gasteiger charge is -2.37. The molecule has 0 bridgehead atoms. The molecule has 1 aliphatic carbocycles. The van der Waals surface area contributed by atoms with Gasteiger partial charge < -0.3 is 10.5 Å². The van der Waals surface area contributed by atoms with E-state index in [1.807, 2.05) is 0 Å². The average Bonchev–Trinajstić information content (AvgIpc) is 2.64. The van der Waals surface area contributed by atoms with Gasteiger partial charge in [0.05, 0.1) is 12.7 Å². The Labute approximate surface area is 112 Å². The molecule has 18 heavy (non-hydrogen) atoms. The van der Waals surface area contributed by atoms with Crippen LogP contribution in [0.25, 0.3) is 0 Å².